The van der Waals surface area contributed by atoms with Crippen LogP contribution >= 0.6 is 11.8 Å². The quantitative estimate of drug-likeness (QED) is 0.192. The Bertz CT molecular complexity index is 1120. The van der Waals surface area contributed by atoms with Crippen molar-refractivity contribution in [2.75, 3.05) is 11.1 Å². The number of nitro groups is 1. The Balaban J connectivity index is 1.55. The highest BCUT2D eigenvalue weighted by atomic mass is 32.2. The summed E-state index contributed by atoms with van der Waals surface area (Å²) in [7, 11) is 0. The average Bonchev–Trinajstić information content (AvgIpc) is 3.21. The molecule has 9 nitrogen and oxygen atoms in total. The fourth-order valence-electron chi connectivity index (χ4n) is 3.22. The van der Waals surface area contributed by atoms with Crippen LogP contribution in [0.2, 0.25) is 0 Å². The first kappa shape index (κ1) is 21.8. The lowest BCUT2D eigenvalue weighted by Gasteiger charge is -2.15. The van der Waals surface area contributed by atoms with Crippen molar-refractivity contribution in [3.05, 3.63) is 58.3 Å². The number of furan rings is 1. The van der Waals surface area contributed by atoms with Crippen molar-refractivity contribution in [3.8, 4) is 17.1 Å². The van der Waals surface area contributed by atoms with Crippen LogP contribution in [-0.4, -0.2) is 32.1 Å². The lowest BCUT2D eigenvalue weighted by Crippen LogP contribution is -2.23. The van der Waals surface area contributed by atoms with E-state index < -0.39 is 11.2 Å². The summed E-state index contributed by atoms with van der Waals surface area (Å²) in [5.74, 6) is 1.35. The molecule has 2 aromatic heterocycles. The Hall–Kier alpha value is -3.40. The van der Waals surface area contributed by atoms with Crippen LogP contribution in [-0.2, 0) is 0 Å². The van der Waals surface area contributed by atoms with E-state index in [-0.39, 0.29) is 5.88 Å². The van der Waals surface area contributed by atoms with Crippen molar-refractivity contribution in [1.82, 2.24) is 15.2 Å². The molecule has 0 spiro atoms. The van der Waals surface area contributed by atoms with Crippen molar-refractivity contribution in [2.45, 2.75) is 44.0 Å². The van der Waals surface area contributed by atoms with Crippen LogP contribution in [0.15, 0.2) is 52.0 Å². The van der Waals surface area contributed by atoms with Crippen LogP contribution < -0.4 is 10.1 Å². The predicted octanol–water partition coefficient (Wildman–Crippen LogP) is 5.56. The highest BCUT2D eigenvalue weighted by Gasteiger charge is 2.23. The first-order valence-electron chi connectivity index (χ1n) is 10.5. The Morgan fingerprint density at radius 2 is 2.06 bits per heavy atom. The van der Waals surface area contributed by atoms with Gasteiger partial charge in [0.25, 0.3) is 0 Å². The standard InChI is InChI=1S/C22H23N5O4S/c1-2-3-4-7-14-32-22-24-21-20(25-26-22)16-8-5-6-9-17(16)23-18(31-21)12-10-15-11-13-19(30-15)27(28)29/h5-6,8-13,18,23H,2-4,7,14H2,1H3/b12-10+. The summed E-state index contributed by atoms with van der Waals surface area (Å²) >= 11 is 1.57. The van der Waals surface area contributed by atoms with E-state index in [0.717, 1.165) is 23.4 Å². The fourth-order valence-corrected chi connectivity index (χ4v) is 4.00. The number of aromatic nitrogens is 3. The largest absolute Gasteiger partial charge is 0.448 e. The van der Waals surface area contributed by atoms with Crippen LogP contribution in [0, 0.1) is 10.1 Å². The Morgan fingerprint density at radius 3 is 2.88 bits per heavy atom. The number of para-hydroxylation sites is 1. The van der Waals surface area contributed by atoms with Crippen molar-refractivity contribution < 1.29 is 14.1 Å². The molecule has 4 rings (SSSR count). The summed E-state index contributed by atoms with van der Waals surface area (Å²) in [4.78, 5) is 14.9. The van der Waals surface area contributed by atoms with Gasteiger partial charge < -0.3 is 14.5 Å². The van der Waals surface area contributed by atoms with E-state index in [9.17, 15) is 10.1 Å². The first-order chi connectivity index (χ1) is 15.6. The van der Waals surface area contributed by atoms with Gasteiger partial charge in [-0.2, -0.15) is 4.98 Å². The van der Waals surface area contributed by atoms with Crippen molar-refractivity contribution in [1.29, 1.82) is 0 Å². The number of rotatable bonds is 9. The van der Waals surface area contributed by atoms with Gasteiger partial charge in [-0.05, 0) is 30.7 Å². The van der Waals surface area contributed by atoms with Crippen LogP contribution in [0.4, 0.5) is 11.6 Å². The summed E-state index contributed by atoms with van der Waals surface area (Å²) in [5.41, 5.74) is 2.22. The monoisotopic (exact) mass is 453 g/mol. The van der Waals surface area contributed by atoms with Gasteiger partial charge in [0, 0.05) is 17.0 Å². The van der Waals surface area contributed by atoms with Crippen LogP contribution in [0.25, 0.3) is 17.3 Å². The zero-order chi connectivity index (χ0) is 22.3. The third-order valence-corrected chi connectivity index (χ3v) is 5.73. The maximum Gasteiger partial charge on any atom is 0.433 e. The van der Waals surface area contributed by atoms with E-state index in [1.165, 1.54) is 31.4 Å². The van der Waals surface area contributed by atoms with Crippen LogP contribution in [0.1, 0.15) is 38.4 Å². The van der Waals surface area contributed by atoms with Gasteiger partial charge in [-0.1, -0.05) is 56.1 Å². The maximum absolute atomic E-state index is 10.8. The van der Waals surface area contributed by atoms with E-state index in [1.807, 2.05) is 24.3 Å². The number of hydrogen-bond acceptors (Lipinski definition) is 9. The highest BCUT2D eigenvalue weighted by Crippen LogP contribution is 2.36. The maximum atomic E-state index is 10.8. The smallest absolute Gasteiger partial charge is 0.433 e. The lowest BCUT2D eigenvalue weighted by atomic mass is 10.1. The van der Waals surface area contributed by atoms with Gasteiger partial charge in [-0.15, -0.1) is 10.2 Å². The summed E-state index contributed by atoms with van der Waals surface area (Å²) in [6.45, 7) is 2.19. The number of ether oxygens (including phenoxy) is 1. The normalized spacial score (nSPS) is 14.8. The Morgan fingerprint density at radius 1 is 1.19 bits per heavy atom. The second kappa shape index (κ2) is 10.3. The minimum atomic E-state index is -0.583. The van der Waals surface area contributed by atoms with Gasteiger partial charge in [0.2, 0.25) is 11.0 Å². The molecule has 1 aromatic carbocycles. The molecule has 0 saturated heterocycles. The van der Waals surface area contributed by atoms with Gasteiger partial charge in [0.15, 0.2) is 11.9 Å². The molecule has 1 unspecified atom stereocenters. The zero-order valence-corrected chi connectivity index (χ0v) is 18.4. The molecule has 10 heteroatoms. The fraction of sp³-hybridized carbons (Fsp3) is 0.318. The molecule has 0 fully saturated rings. The van der Waals surface area contributed by atoms with E-state index in [2.05, 4.69) is 27.4 Å². The molecule has 166 valence electrons. The van der Waals surface area contributed by atoms with E-state index in [0.29, 0.717) is 22.5 Å². The molecule has 1 aliphatic heterocycles. The van der Waals surface area contributed by atoms with Crippen molar-refractivity contribution in [2.24, 2.45) is 0 Å². The minimum absolute atomic E-state index is 0.312. The molecule has 1 atom stereocenters. The topological polar surface area (TPSA) is 116 Å². The second-order valence-corrected chi connectivity index (χ2v) is 8.24. The lowest BCUT2D eigenvalue weighted by molar-refractivity contribution is -0.402. The predicted molar refractivity (Wildman–Crippen MR) is 123 cm³/mol. The number of nitrogens with one attached hydrogen (secondary N) is 1. The summed E-state index contributed by atoms with van der Waals surface area (Å²) in [6, 6.07) is 10.5. The Kier molecular flexibility index (Phi) is 7.00. The molecule has 0 aliphatic carbocycles. The van der Waals surface area contributed by atoms with E-state index >= 15 is 0 Å². The molecular formula is C22H23N5O4S. The molecular weight excluding hydrogens is 430 g/mol. The van der Waals surface area contributed by atoms with Gasteiger partial charge in [-0.3, -0.25) is 10.1 Å². The van der Waals surface area contributed by atoms with Gasteiger partial charge in [0.05, 0.1) is 6.07 Å². The van der Waals surface area contributed by atoms with Gasteiger partial charge in [0.1, 0.15) is 10.7 Å². The summed E-state index contributed by atoms with van der Waals surface area (Å²) < 4.78 is 11.3. The Labute approximate surface area is 189 Å². The molecule has 3 heterocycles. The van der Waals surface area contributed by atoms with Crippen LogP contribution in [0.3, 0.4) is 0 Å². The molecule has 32 heavy (non-hydrogen) atoms. The number of thioether (sulfide) groups is 1. The highest BCUT2D eigenvalue weighted by molar-refractivity contribution is 7.99. The molecule has 0 amide bonds. The SMILES string of the molecule is CCCCCCSc1nnc2c(n1)OC(/C=C/c1ccc([N+](=O)[O-])o1)Nc1ccccc1-2. The first-order valence-corrected chi connectivity index (χ1v) is 11.4. The van der Waals surface area contributed by atoms with Crippen LogP contribution in [0.5, 0.6) is 5.88 Å². The number of benzene rings is 1. The number of unbranched alkanes of at least 4 members (excludes halogenated alkanes) is 3. The number of fused-ring (bicyclic) bond motifs is 3. The molecule has 0 saturated carbocycles. The molecule has 1 aliphatic rings. The molecule has 1 N–H and O–H groups in total. The van der Waals surface area contributed by atoms with Crippen molar-refractivity contribution >= 4 is 29.4 Å². The number of anilines is 1. The number of nitrogens with zero attached hydrogens (tertiary/aromatic N) is 4. The second-order valence-electron chi connectivity index (χ2n) is 7.18. The molecule has 0 bridgehead atoms. The van der Waals surface area contributed by atoms with E-state index in [1.54, 1.807) is 23.9 Å². The molecule has 3 aromatic rings. The average molecular weight is 454 g/mol. The third-order valence-electron chi connectivity index (χ3n) is 4.81. The number of hydrogen-bond donors (Lipinski definition) is 1. The van der Waals surface area contributed by atoms with Gasteiger partial charge >= 0.3 is 5.88 Å². The summed E-state index contributed by atoms with van der Waals surface area (Å²) in [6.07, 6.45) is 7.47. The van der Waals surface area contributed by atoms with Gasteiger partial charge in [-0.25, -0.2) is 0 Å². The zero-order valence-electron chi connectivity index (χ0n) is 17.6. The third kappa shape index (κ3) is 5.25. The van der Waals surface area contributed by atoms with Crippen molar-refractivity contribution in [3.63, 3.8) is 0 Å². The molecule has 0 radical (unpaired) electrons. The van der Waals surface area contributed by atoms with E-state index in [4.69, 9.17) is 9.15 Å². The minimum Gasteiger partial charge on any atom is -0.448 e. The summed E-state index contributed by atoms with van der Waals surface area (Å²) in [5, 5.41) is 23.4.